The van der Waals surface area contributed by atoms with Crippen molar-refractivity contribution >= 4 is 6.16 Å². The maximum Gasteiger partial charge on any atom is 0.522 e. The molecule has 9 heteroatoms. The maximum absolute atomic E-state index is 13.3. The second-order valence-corrected chi connectivity index (χ2v) is 6.82. The van der Waals surface area contributed by atoms with Crippen LogP contribution in [0.25, 0.3) is 0 Å². The van der Waals surface area contributed by atoms with Crippen molar-refractivity contribution < 1.29 is 31.8 Å². The van der Waals surface area contributed by atoms with E-state index < -0.39 is 43.7 Å². The minimum absolute atomic E-state index is 0.0375. The number of aromatic nitrogens is 2. The van der Waals surface area contributed by atoms with Crippen LogP contribution in [0.15, 0.2) is 36.7 Å². The van der Waals surface area contributed by atoms with Gasteiger partial charge < -0.3 is 9.47 Å². The lowest BCUT2D eigenvalue weighted by Gasteiger charge is -2.25. The summed E-state index contributed by atoms with van der Waals surface area (Å²) in [5.41, 5.74) is -3.03. The minimum atomic E-state index is -1.55. The van der Waals surface area contributed by atoms with Crippen LogP contribution >= 0.6 is 0 Å². The number of hydrogen-bond acceptors (Lipinski definition) is 5. The molecule has 5 nitrogen and oxygen atoms in total. The highest BCUT2D eigenvalue weighted by atomic mass is 19.1. The zero-order valence-corrected chi connectivity index (χ0v) is 15.4. The summed E-state index contributed by atoms with van der Waals surface area (Å²) in [4.78, 5) is 19.9. The quantitative estimate of drug-likeness (QED) is 0.484. The van der Waals surface area contributed by atoms with Gasteiger partial charge in [0.25, 0.3) is 0 Å². The van der Waals surface area contributed by atoms with Crippen molar-refractivity contribution in [2.24, 2.45) is 0 Å². The standard InChI is InChI=1S/C19H20F4N2O3/c1-18(9-20,10-21)13-5-3-7-24-15(13)27-17(26)28-16-14(6-4-8-25-16)19(2,11-22)12-23/h3-8H,9-12H2,1-2H3. The molecule has 0 amide bonds. The van der Waals surface area contributed by atoms with Crippen molar-refractivity contribution in [3.05, 3.63) is 47.8 Å². The maximum atomic E-state index is 13.3. The Bertz CT molecular complexity index is 746. The number of pyridine rings is 2. The minimum Gasteiger partial charge on any atom is -0.375 e. The molecule has 2 heterocycles. The normalized spacial score (nSPS) is 11.9. The average Bonchev–Trinajstić information content (AvgIpc) is 2.73. The zero-order chi connectivity index (χ0) is 20.8. The molecular weight excluding hydrogens is 380 g/mol. The van der Waals surface area contributed by atoms with Gasteiger partial charge in [0, 0.05) is 23.5 Å². The van der Waals surface area contributed by atoms with Crippen LogP contribution in [0.5, 0.6) is 11.8 Å². The highest BCUT2D eigenvalue weighted by Crippen LogP contribution is 2.33. The molecule has 28 heavy (non-hydrogen) atoms. The average molecular weight is 400 g/mol. The second-order valence-electron chi connectivity index (χ2n) is 6.82. The first-order valence-corrected chi connectivity index (χ1v) is 8.38. The summed E-state index contributed by atoms with van der Waals surface area (Å²) in [6, 6.07) is 5.65. The number of alkyl halides is 4. The van der Waals surface area contributed by atoms with Gasteiger partial charge in [-0.1, -0.05) is 26.0 Å². The van der Waals surface area contributed by atoms with Gasteiger partial charge in [0.1, 0.15) is 26.7 Å². The molecule has 2 aromatic rings. The molecule has 2 aromatic heterocycles. The van der Waals surface area contributed by atoms with Crippen LogP contribution in [-0.2, 0) is 10.8 Å². The smallest absolute Gasteiger partial charge is 0.375 e. The van der Waals surface area contributed by atoms with E-state index in [4.69, 9.17) is 9.47 Å². The number of carbonyl (C=O) groups excluding carboxylic acids is 1. The van der Waals surface area contributed by atoms with Gasteiger partial charge in [-0.3, -0.25) is 17.6 Å². The Morgan fingerprint density at radius 3 is 1.50 bits per heavy atom. The van der Waals surface area contributed by atoms with Crippen LogP contribution in [0.2, 0.25) is 0 Å². The Hall–Kier alpha value is -2.71. The third kappa shape index (κ3) is 4.40. The lowest BCUT2D eigenvalue weighted by Crippen LogP contribution is -2.30. The fourth-order valence-electron chi connectivity index (χ4n) is 2.40. The number of rotatable bonds is 8. The molecule has 152 valence electrons. The van der Waals surface area contributed by atoms with Gasteiger partial charge in [0.05, 0.1) is 10.8 Å². The Morgan fingerprint density at radius 2 is 1.18 bits per heavy atom. The molecule has 0 saturated carbocycles. The first-order chi connectivity index (χ1) is 13.3. The van der Waals surface area contributed by atoms with Crippen molar-refractivity contribution in [2.45, 2.75) is 24.7 Å². The van der Waals surface area contributed by atoms with Crippen molar-refractivity contribution in [1.29, 1.82) is 0 Å². The number of nitrogens with zero attached hydrogens (tertiary/aromatic N) is 2. The molecule has 0 N–H and O–H groups in total. The van der Waals surface area contributed by atoms with Crippen LogP contribution in [0, 0.1) is 0 Å². The van der Waals surface area contributed by atoms with E-state index in [-0.39, 0.29) is 22.9 Å². The van der Waals surface area contributed by atoms with Gasteiger partial charge >= 0.3 is 6.16 Å². The van der Waals surface area contributed by atoms with Gasteiger partial charge in [-0.05, 0) is 12.1 Å². The van der Waals surface area contributed by atoms with Gasteiger partial charge in [0.2, 0.25) is 11.8 Å². The Morgan fingerprint density at radius 1 is 0.821 bits per heavy atom. The molecule has 0 radical (unpaired) electrons. The lowest BCUT2D eigenvalue weighted by atomic mass is 9.86. The number of ether oxygens (including phenoxy) is 2. The zero-order valence-electron chi connectivity index (χ0n) is 15.4. The Balaban J connectivity index is 2.28. The molecular formula is C19H20F4N2O3. The molecule has 0 aliphatic carbocycles. The van der Waals surface area contributed by atoms with Crippen molar-refractivity contribution in [3.63, 3.8) is 0 Å². The summed E-state index contributed by atoms with van der Waals surface area (Å²) < 4.78 is 63.3. The number of carbonyl (C=O) groups is 1. The topological polar surface area (TPSA) is 61.3 Å². The fourth-order valence-corrected chi connectivity index (χ4v) is 2.40. The first kappa shape index (κ1) is 21.6. The summed E-state index contributed by atoms with van der Waals surface area (Å²) in [6.07, 6.45) is 1.25. The summed E-state index contributed by atoms with van der Waals surface area (Å²) >= 11 is 0. The highest BCUT2D eigenvalue weighted by Gasteiger charge is 2.34. The van der Waals surface area contributed by atoms with Crippen molar-refractivity contribution in [2.75, 3.05) is 26.7 Å². The monoisotopic (exact) mass is 400 g/mol. The summed E-state index contributed by atoms with van der Waals surface area (Å²) in [5.74, 6) is -0.664. The molecule has 0 fully saturated rings. The molecule has 0 aliphatic rings. The molecule has 0 unspecified atom stereocenters. The van der Waals surface area contributed by atoms with E-state index in [2.05, 4.69) is 9.97 Å². The van der Waals surface area contributed by atoms with E-state index in [1.165, 1.54) is 50.5 Å². The van der Waals surface area contributed by atoms with Gasteiger partial charge in [0.15, 0.2) is 0 Å². The Kier molecular flexibility index (Phi) is 6.93. The fraction of sp³-hybridized carbons (Fsp3) is 0.421. The van der Waals surface area contributed by atoms with Crippen LogP contribution in [0.3, 0.4) is 0 Å². The van der Waals surface area contributed by atoms with Gasteiger partial charge in [-0.15, -0.1) is 0 Å². The number of hydrogen-bond donors (Lipinski definition) is 0. The van der Waals surface area contributed by atoms with E-state index in [1.54, 1.807) is 0 Å². The molecule has 0 aliphatic heterocycles. The first-order valence-electron chi connectivity index (χ1n) is 8.38. The van der Waals surface area contributed by atoms with Gasteiger partial charge in [-0.25, -0.2) is 14.8 Å². The van der Waals surface area contributed by atoms with E-state index >= 15 is 0 Å². The third-order valence-corrected chi connectivity index (χ3v) is 4.38. The molecule has 0 saturated heterocycles. The lowest BCUT2D eigenvalue weighted by molar-refractivity contribution is 0.143. The highest BCUT2D eigenvalue weighted by molar-refractivity contribution is 5.67. The summed E-state index contributed by atoms with van der Waals surface area (Å²) in [6.45, 7) is -1.56. The van der Waals surface area contributed by atoms with Crippen molar-refractivity contribution in [1.82, 2.24) is 9.97 Å². The molecule has 0 spiro atoms. The van der Waals surface area contributed by atoms with Crippen LogP contribution in [-0.4, -0.2) is 42.8 Å². The molecule has 0 bridgehead atoms. The van der Waals surface area contributed by atoms with Crippen LogP contribution < -0.4 is 9.47 Å². The molecule has 2 rings (SSSR count). The van der Waals surface area contributed by atoms with Crippen molar-refractivity contribution in [3.8, 4) is 11.8 Å². The summed E-state index contributed by atoms with van der Waals surface area (Å²) in [7, 11) is 0. The Labute approximate surface area is 159 Å². The predicted octanol–water partition coefficient (Wildman–Crippen LogP) is 4.45. The number of halogens is 4. The van der Waals surface area contributed by atoms with Crippen LogP contribution in [0.4, 0.5) is 22.4 Å². The van der Waals surface area contributed by atoms with Crippen LogP contribution in [0.1, 0.15) is 25.0 Å². The van der Waals surface area contributed by atoms with Gasteiger partial charge in [-0.2, -0.15) is 0 Å². The molecule has 0 aromatic carbocycles. The second kappa shape index (κ2) is 8.99. The summed E-state index contributed by atoms with van der Waals surface area (Å²) in [5, 5.41) is 0. The van der Waals surface area contributed by atoms with E-state index in [1.807, 2.05) is 0 Å². The SMILES string of the molecule is CC(CF)(CF)c1cccnc1OC(=O)Oc1ncccc1C(C)(CF)CF. The van der Waals surface area contributed by atoms with E-state index in [0.29, 0.717) is 0 Å². The largest absolute Gasteiger partial charge is 0.522 e. The van der Waals surface area contributed by atoms with E-state index in [0.717, 1.165) is 0 Å². The van der Waals surface area contributed by atoms with E-state index in [9.17, 15) is 22.4 Å². The third-order valence-electron chi connectivity index (χ3n) is 4.38. The molecule has 0 atom stereocenters. The predicted molar refractivity (Wildman–Crippen MR) is 93.7 cm³/mol.